The van der Waals surface area contributed by atoms with Gasteiger partial charge in [-0.25, -0.2) is 0 Å². The molecule has 0 aromatic rings. The van der Waals surface area contributed by atoms with Crippen LogP contribution in [0.2, 0.25) is 0 Å². The maximum atomic E-state index is 11.4. The Labute approximate surface area is 88.7 Å². The Morgan fingerprint density at radius 3 is 2.20 bits per heavy atom. The average Bonchev–Trinajstić information content (AvgIpc) is 2.15. The van der Waals surface area contributed by atoms with Gasteiger partial charge in [0.05, 0.1) is 6.61 Å². The summed E-state index contributed by atoms with van der Waals surface area (Å²) in [6.45, 7) is 2.86. The van der Waals surface area contributed by atoms with Crippen molar-refractivity contribution in [3.05, 3.63) is 0 Å². The highest BCUT2D eigenvalue weighted by Gasteiger charge is 2.32. The first-order chi connectivity index (χ1) is 6.81. The molecule has 15 heavy (non-hydrogen) atoms. The molecule has 0 radical (unpaired) electrons. The molecule has 0 aliphatic heterocycles. The van der Waals surface area contributed by atoms with E-state index in [0.717, 1.165) is 0 Å². The van der Waals surface area contributed by atoms with Crippen LogP contribution in [0.5, 0.6) is 0 Å². The van der Waals surface area contributed by atoms with Crippen molar-refractivity contribution >= 4 is 11.8 Å². The molecule has 0 spiro atoms. The van der Waals surface area contributed by atoms with E-state index in [1.54, 1.807) is 13.8 Å². The van der Waals surface area contributed by atoms with E-state index in [4.69, 9.17) is 10.2 Å². The first-order valence-corrected chi connectivity index (χ1v) is 4.84. The summed E-state index contributed by atoms with van der Waals surface area (Å²) in [4.78, 5) is 21.6. The molecule has 0 amide bonds. The van der Waals surface area contributed by atoms with Crippen LogP contribution < -0.4 is 0 Å². The second kappa shape index (κ2) is 5.82. The number of rotatable bonds is 7. The summed E-state index contributed by atoms with van der Waals surface area (Å²) in [5.41, 5.74) is -0.875. The van der Waals surface area contributed by atoms with Gasteiger partial charge in [-0.1, -0.05) is 13.8 Å². The summed E-state index contributed by atoms with van der Waals surface area (Å²) in [5, 5.41) is 26.8. The van der Waals surface area contributed by atoms with Crippen molar-refractivity contribution < 1.29 is 24.9 Å². The van der Waals surface area contributed by atoms with Crippen molar-refractivity contribution in [2.45, 2.75) is 39.2 Å². The van der Waals surface area contributed by atoms with Gasteiger partial charge in [-0.2, -0.15) is 0 Å². The molecule has 0 saturated carbocycles. The van der Waals surface area contributed by atoms with Crippen LogP contribution in [0.1, 0.15) is 33.1 Å². The van der Waals surface area contributed by atoms with Crippen LogP contribution in [-0.2, 0) is 9.59 Å². The molecule has 0 aromatic carbocycles. The lowest BCUT2D eigenvalue weighted by Crippen LogP contribution is -2.39. The van der Waals surface area contributed by atoms with Gasteiger partial charge in [-0.05, 0) is 6.42 Å². The number of aliphatic hydroxyl groups is 2. The SMILES string of the molecule is CC(C)(CO)[C@@H](O)C(=O)CCCC(=O)O. The smallest absolute Gasteiger partial charge is 0.303 e. The third kappa shape index (κ3) is 4.90. The Kier molecular flexibility index (Phi) is 5.46. The number of carboxylic acids is 1. The van der Waals surface area contributed by atoms with E-state index in [-0.39, 0.29) is 25.9 Å². The molecule has 0 rings (SSSR count). The minimum Gasteiger partial charge on any atom is -0.481 e. The molecule has 0 bridgehead atoms. The summed E-state index contributed by atoms with van der Waals surface area (Å²) < 4.78 is 0. The minimum absolute atomic E-state index is 0.0247. The summed E-state index contributed by atoms with van der Waals surface area (Å²) in [6, 6.07) is 0. The number of ketones is 1. The highest BCUT2D eigenvalue weighted by molar-refractivity contribution is 5.84. The maximum absolute atomic E-state index is 11.4. The first-order valence-electron chi connectivity index (χ1n) is 4.84. The fraction of sp³-hybridized carbons (Fsp3) is 0.800. The van der Waals surface area contributed by atoms with Gasteiger partial charge in [0.15, 0.2) is 5.78 Å². The van der Waals surface area contributed by atoms with Crippen LogP contribution in [0.4, 0.5) is 0 Å². The first kappa shape index (κ1) is 14.1. The normalized spacial score (nSPS) is 13.6. The molecule has 88 valence electrons. The number of aliphatic hydroxyl groups excluding tert-OH is 2. The summed E-state index contributed by atoms with van der Waals surface area (Å²) in [7, 11) is 0. The second-order valence-electron chi connectivity index (χ2n) is 4.26. The highest BCUT2D eigenvalue weighted by atomic mass is 16.4. The van der Waals surface area contributed by atoms with Crippen molar-refractivity contribution in [3.63, 3.8) is 0 Å². The quantitative estimate of drug-likeness (QED) is 0.567. The number of aliphatic carboxylic acids is 1. The van der Waals surface area contributed by atoms with Gasteiger partial charge in [0.25, 0.3) is 0 Å². The molecule has 0 aliphatic carbocycles. The van der Waals surface area contributed by atoms with Gasteiger partial charge in [0.1, 0.15) is 6.10 Å². The minimum atomic E-state index is -1.24. The molecule has 3 N–H and O–H groups in total. The fourth-order valence-electron chi connectivity index (χ4n) is 1.07. The van der Waals surface area contributed by atoms with Crippen LogP contribution in [-0.4, -0.2) is 39.8 Å². The topological polar surface area (TPSA) is 94.8 Å². The van der Waals surface area contributed by atoms with Crippen molar-refractivity contribution in [1.82, 2.24) is 0 Å². The molecule has 0 fully saturated rings. The van der Waals surface area contributed by atoms with Gasteiger partial charge in [-0.15, -0.1) is 0 Å². The van der Waals surface area contributed by atoms with E-state index < -0.39 is 23.3 Å². The van der Waals surface area contributed by atoms with Crippen molar-refractivity contribution in [3.8, 4) is 0 Å². The van der Waals surface area contributed by atoms with Gasteiger partial charge >= 0.3 is 5.97 Å². The Balaban J connectivity index is 4.05. The molecule has 0 heterocycles. The fourth-order valence-corrected chi connectivity index (χ4v) is 1.07. The van der Waals surface area contributed by atoms with Crippen molar-refractivity contribution in [2.24, 2.45) is 5.41 Å². The van der Waals surface area contributed by atoms with Crippen LogP contribution >= 0.6 is 0 Å². The average molecular weight is 218 g/mol. The van der Waals surface area contributed by atoms with E-state index in [1.165, 1.54) is 0 Å². The molecular weight excluding hydrogens is 200 g/mol. The molecule has 0 unspecified atom stereocenters. The van der Waals surface area contributed by atoms with E-state index in [9.17, 15) is 14.7 Å². The van der Waals surface area contributed by atoms with E-state index in [2.05, 4.69) is 0 Å². The summed E-state index contributed by atoms with van der Waals surface area (Å²) >= 11 is 0. The molecule has 5 heteroatoms. The number of carboxylic acid groups (broad SMARTS) is 1. The van der Waals surface area contributed by atoms with Gasteiger partial charge in [0, 0.05) is 18.3 Å². The summed E-state index contributed by atoms with van der Waals surface area (Å²) in [6.07, 6.45) is -1.09. The summed E-state index contributed by atoms with van der Waals surface area (Å²) in [5.74, 6) is -1.38. The largest absolute Gasteiger partial charge is 0.481 e. The lowest BCUT2D eigenvalue weighted by molar-refractivity contribution is -0.138. The van der Waals surface area contributed by atoms with Gasteiger partial charge < -0.3 is 15.3 Å². The highest BCUT2D eigenvalue weighted by Crippen LogP contribution is 2.21. The van der Waals surface area contributed by atoms with E-state index in [0.29, 0.717) is 0 Å². The Bertz CT molecular complexity index is 234. The van der Waals surface area contributed by atoms with Crippen molar-refractivity contribution in [1.29, 1.82) is 0 Å². The van der Waals surface area contributed by atoms with Crippen molar-refractivity contribution in [2.75, 3.05) is 6.61 Å². The Hall–Kier alpha value is -0.940. The third-order valence-corrected chi connectivity index (χ3v) is 2.27. The predicted octanol–water partition coefficient (Wildman–Crippen LogP) is 0.190. The van der Waals surface area contributed by atoms with Crippen LogP contribution in [0, 0.1) is 5.41 Å². The number of hydrogen-bond acceptors (Lipinski definition) is 4. The number of carbonyl (C=O) groups is 2. The molecule has 5 nitrogen and oxygen atoms in total. The predicted molar refractivity (Wildman–Crippen MR) is 53.4 cm³/mol. The lowest BCUT2D eigenvalue weighted by Gasteiger charge is -2.26. The zero-order valence-electron chi connectivity index (χ0n) is 9.06. The zero-order chi connectivity index (χ0) is 12.1. The molecule has 0 aromatic heterocycles. The Morgan fingerprint density at radius 1 is 1.27 bits per heavy atom. The lowest BCUT2D eigenvalue weighted by atomic mass is 9.84. The van der Waals surface area contributed by atoms with Crippen LogP contribution in [0.15, 0.2) is 0 Å². The number of hydrogen-bond donors (Lipinski definition) is 3. The Morgan fingerprint density at radius 2 is 1.80 bits per heavy atom. The third-order valence-electron chi connectivity index (χ3n) is 2.27. The molecule has 0 aliphatic rings. The van der Waals surface area contributed by atoms with Crippen LogP contribution in [0.25, 0.3) is 0 Å². The maximum Gasteiger partial charge on any atom is 0.303 e. The second-order valence-corrected chi connectivity index (χ2v) is 4.26. The zero-order valence-corrected chi connectivity index (χ0v) is 9.06. The van der Waals surface area contributed by atoms with Crippen LogP contribution in [0.3, 0.4) is 0 Å². The number of Topliss-reactive ketones (excluding diaryl/α,β-unsaturated/α-hetero) is 1. The van der Waals surface area contributed by atoms with E-state index >= 15 is 0 Å². The van der Waals surface area contributed by atoms with Gasteiger partial charge in [0.2, 0.25) is 0 Å². The molecule has 1 atom stereocenters. The standard InChI is InChI=1S/C10H18O5/c1-10(2,6-11)9(15)7(12)4-3-5-8(13)14/h9,11,15H,3-6H2,1-2H3,(H,13,14)/t9-/m0/s1. The van der Waals surface area contributed by atoms with E-state index in [1.807, 2.05) is 0 Å². The van der Waals surface area contributed by atoms with Gasteiger partial charge in [-0.3, -0.25) is 9.59 Å². The molecule has 0 saturated heterocycles. The monoisotopic (exact) mass is 218 g/mol. The number of carbonyl (C=O) groups excluding carboxylic acids is 1. The molecular formula is C10H18O5.